The Kier molecular flexibility index (Phi) is 6.15. The minimum atomic E-state index is -3.49. The van der Waals surface area contributed by atoms with Crippen molar-refractivity contribution in [2.75, 3.05) is 31.6 Å². The van der Waals surface area contributed by atoms with Gasteiger partial charge in [-0.2, -0.15) is 4.31 Å². The number of hydrogen-bond donors (Lipinski definition) is 0. The second-order valence-electron chi connectivity index (χ2n) is 5.05. The quantitative estimate of drug-likeness (QED) is 0.720. The van der Waals surface area contributed by atoms with Crippen molar-refractivity contribution in [3.05, 3.63) is 53.1 Å². The lowest BCUT2D eigenvalue weighted by atomic mass is 10.4. The number of aromatic nitrogens is 1. The topological polar surface area (TPSA) is 53.5 Å². The van der Waals surface area contributed by atoms with Gasteiger partial charge in [0.05, 0.1) is 4.90 Å². The van der Waals surface area contributed by atoms with Crippen LogP contribution in [0, 0.1) is 0 Å². The summed E-state index contributed by atoms with van der Waals surface area (Å²) in [4.78, 5) is 6.65. The molecule has 1 heterocycles. The van der Waals surface area contributed by atoms with Crippen LogP contribution >= 0.6 is 15.9 Å². The molecule has 7 heteroatoms. The summed E-state index contributed by atoms with van der Waals surface area (Å²) in [5.41, 5.74) is 0. The van der Waals surface area contributed by atoms with Gasteiger partial charge in [-0.15, -0.1) is 0 Å². The molecular weight excluding hydrogens is 378 g/mol. The van der Waals surface area contributed by atoms with E-state index in [0.717, 1.165) is 16.8 Å². The largest absolute Gasteiger partial charge is 0.356 e. The van der Waals surface area contributed by atoms with Gasteiger partial charge < -0.3 is 4.90 Å². The monoisotopic (exact) mass is 397 g/mol. The molecule has 0 unspecified atom stereocenters. The molecular formula is C16H20BrN3O2S. The first-order chi connectivity index (χ1) is 10.9. The van der Waals surface area contributed by atoms with Gasteiger partial charge in [0.2, 0.25) is 10.0 Å². The van der Waals surface area contributed by atoms with Crippen LogP contribution in [0.2, 0.25) is 0 Å². The molecule has 0 atom stereocenters. The van der Waals surface area contributed by atoms with E-state index in [9.17, 15) is 8.42 Å². The third-order valence-corrected chi connectivity index (χ3v) is 5.89. The average Bonchev–Trinajstić information content (AvgIpc) is 2.56. The Balaban J connectivity index is 2.07. The van der Waals surface area contributed by atoms with E-state index in [0.29, 0.717) is 13.1 Å². The number of rotatable bonds is 7. The summed E-state index contributed by atoms with van der Waals surface area (Å²) >= 11 is 3.31. The molecule has 5 nitrogen and oxygen atoms in total. The van der Waals surface area contributed by atoms with Gasteiger partial charge in [-0.05, 0) is 37.3 Å². The zero-order chi connectivity index (χ0) is 16.9. The number of sulfonamides is 1. The molecule has 0 saturated carbocycles. The normalized spacial score (nSPS) is 11.7. The summed E-state index contributed by atoms with van der Waals surface area (Å²) < 4.78 is 27.3. The molecule has 0 aliphatic carbocycles. The van der Waals surface area contributed by atoms with Gasteiger partial charge in [-0.1, -0.05) is 28.1 Å². The molecule has 0 bridgehead atoms. The highest BCUT2D eigenvalue weighted by Crippen LogP contribution is 2.19. The van der Waals surface area contributed by atoms with E-state index in [1.165, 1.54) is 4.31 Å². The van der Waals surface area contributed by atoms with Crippen LogP contribution in [0.5, 0.6) is 0 Å². The fraction of sp³-hybridized carbons (Fsp3) is 0.312. The molecule has 124 valence electrons. The van der Waals surface area contributed by atoms with Gasteiger partial charge in [-0.3, -0.25) is 0 Å². The predicted molar refractivity (Wildman–Crippen MR) is 96.1 cm³/mol. The molecule has 2 rings (SSSR count). The van der Waals surface area contributed by atoms with Gasteiger partial charge in [0, 0.05) is 37.4 Å². The van der Waals surface area contributed by atoms with Crippen molar-refractivity contribution in [3.63, 3.8) is 0 Å². The lowest BCUT2D eigenvalue weighted by Crippen LogP contribution is -2.36. The summed E-state index contributed by atoms with van der Waals surface area (Å²) in [7, 11) is -1.89. The van der Waals surface area contributed by atoms with Crippen molar-refractivity contribution in [1.82, 2.24) is 9.29 Å². The number of halogens is 1. The second-order valence-corrected chi connectivity index (χ2v) is 8.01. The fourth-order valence-corrected chi connectivity index (χ4v) is 3.92. The van der Waals surface area contributed by atoms with Crippen molar-refractivity contribution in [2.45, 2.75) is 11.8 Å². The fourth-order valence-electron chi connectivity index (χ4n) is 2.16. The lowest BCUT2D eigenvalue weighted by Gasteiger charge is -2.25. The van der Waals surface area contributed by atoms with Crippen LogP contribution in [-0.2, 0) is 10.0 Å². The molecule has 2 aromatic rings. The van der Waals surface area contributed by atoms with Crippen LogP contribution in [0.15, 0.2) is 58.0 Å². The van der Waals surface area contributed by atoms with Crippen LogP contribution in [0.3, 0.4) is 0 Å². The third-order valence-electron chi connectivity index (χ3n) is 3.54. The lowest BCUT2D eigenvalue weighted by molar-refractivity contribution is 0.471. The molecule has 0 N–H and O–H groups in total. The maximum Gasteiger partial charge on any atom is 0.242 e. The van der Waals surface area contributed by atoms with Gasteiger partial charge in [0.1, 0.15) is 5.82 Å². The van der Waals surface area contributed by atoms with Crippen molar-refractivity contribution in [3.8, 4) is 0 Å². The molecule has 0 aliphatic heterocycles. The average molecular weight is 398 g/mol. The predicted octanol–water partition coefficient (Wildman–Crippen LogP) is 2.99. The number of nitrogens with zero attached hydrogens (tertiary/aromatic N) is 3. The van der Waals surface area contributed by atoms with E-state index < -0.39 is 10.0 Å². The minimum Gasteiger partial charge on any atom is -0.356 e. The molecule has 0 saturated heterocycles. The van der Waals surface area contributed by atoms with E-state index in [1.807, 2.05) is 30.0 Å². The van der Waals surface area contributed by atoms with E-state index >= 15 is 0 Å². The Morgan fingerprint density at radius 1 is 1.13 bits per heavy atom. The van der Waals surface area contributed by atoms with Gasteiger partial charge >= 0.3 is 0 Å². The molecule has 1 aromatic heterocycles. The Hall–Kier alpha value is -1.44. The summed E-state index contributed by atoms with van der Waals surface area (Å²) in [6.45, 7) is 3.76. The van der Waals surface area contributed by atoms with E-state index in [2.05, 4.69) is 20.9 Å². The van der Waals surface area contributed by atoms with Crippen LogP contribution in [0.1, 0.15) is 6.92 Å². The summed E-state index contributed by atoms with van der Waals surface area (Å²) in [6, 6.07) is 12.4. The molecule has 0 aliphatic rings. The number of pyridine rings is 1. The third kappa shape index (κ3) is 4.53. The Labute approximate surface area is 146 Å². The summed E-state index contributed by atoms with van der Waals surface area (Å²) in [5, 5.41) is 0. The number of benzene rings is 1. The number of likely N-dealkylation sites (N-methyl/N-ethyl adjacent to an activating group) is 2. The first kappa shape index (κ1) is 17.9. The molecule has 0 fully saturated rings. The SMILES string of the molecule is CCN(CCN(C)S(=O)(=O)c1cccc(Br)c1)c1ccccn1. The zero-order valence-corrected chi connectivity index (χ0v) is 15.6. The maximum absolute atomic E-state index is 12.6. The highest BCUT2D eigenvalue weighted by Gasteiger charge is 2.21. The van der Waals surface area contributed by atoms with Crippen LogP contribution < -0.4 is 4.90 Å². The highest BCUT2D eigenvalue weighted by atomic mass is 79.9. The number of anilines is 1. The van der Waals surface area contributed by atoms with E-state index in [-0.39, 0.29) is 4.90 Å². The number of hydrogen-bond acceptors (Lipinski definition) is 4. The first-order valence-electron chi connectivity index (χ1n) is 7.33. The van der Waals surface area contributed by atoms with Crippen molar-refractivity contribution in [2.24, 2.45) is 0 Å². The minimum absolute atomic E-state index is 0.287. The van der Waals surface area contributed by atoms with Gasteiger partial charge in [-0.25, -0.2) is 13.4 Å². The summed E-state index contributed by atoms with van der Waals surface area (Å²) in [5.74, 6) is 0.850. The Morgan fingerprint density at radius 3 is 2.52 bits per heavy atom. The second kappa shape index (κ2) is 7.90. The zero-order valence-electron chi connectivity index (χ0n) is 13.2. The van der Waals surface area contributed by atoms with Gasteiger partial charge in [0.15, 0.2) is 0 Å². The Bertz CT molecular complexity index is 738. The van der Waals surface area contributed by atoms with Gasteiger partial charge in [0.25, 0.3) is 0 Å². The van der Waals surface area contributed by atoms with Crippen molar-refractivity contribution in [1.29, 1.82) is 0 Å². The molecule has 0 amide bonds. The van der Waals surface area contributed by atoms with E-state index in [4.69, 9.17) is 0 Å². The smallest absolute Gasteiger partial charge is 0.242 e. The van der Waals surface area contributed by atoms with Crippen LogP contribution in [-0.4, -0.2) is 44.4 Å². The van der Waals surface area contributed by atoms with Crippen molar-refractivity contribution < 1.29 is 8.42 Å². The standard InChI is InChI=1S/C16H20BrN3O2S/c1-3-20(16-9-4-5-10-18-16)12-11-19(2)23(21,22)15-8-6-7-14(17)13-15/h4-10,13H,3,11-12H2,1-2H3. The highest BCUT2D eigenvalue weighted by molar-refractivity contribution is 9.10. The Morgan fingerprint density at radius 2 is 1.91 bits per heavy atom. The maximum atomic E-state index is 12.6. The summed E-state index contributed by atoms with van der Waals surface area (Å²) in [6.07, 6.45) is 1.74. The molecule has 1 aromatic carbocycles. The van der Waals surface area contributed by atoms with E-state index in [1.54, 1.807) is 37.5 Å². The van der Waals surface area contributed by atoms with Crippen molar-refractivity contribution >= 4 is 31.8 Å². The molecule has 23 heavy (non-hydrogen) atoms. The first-order valence-corrected chi connectivity index (χ1v) is 9.56. The van der Waals surface area contributed by atoms with Crippen LogP contribution in [0.4, 0.5) is 5.82 Å². The molecule has 0 spiro atoms. The molecule has 0 radical (unpaired) electrons. The van der Waals surface area contributed by atoms with Crippen LogP contribution in [0.25, 0.3) is 0 Å².